The lowest BCUT2D eigenvalue weighted by Gasteiger charge is -2.15. The molecule has 5 heteroatoms. The molecule has 0 bridgehead atoms. The molecule has 11 rings (SSSR count). The molecule has 8 aromatic carbocycles. The van der Waals surface area contributed by atoms with Gasteiger partial charge in [-0.15, -0.1) is 0 Å². The number of para-hydroxylation sites is 3. The SMILES string of the molecule is c1ccc(-c2nc(-c3ccccc3)nc(-c3ccc(-n4c5ccccc5c5c(-n6c7ccccc7c7ccccc76)c6ccccc6cc54)cc3)n2)cc1. The molecular formula is C49H31N5. The Morgan fingerprint density at radius 2 is 0.741 bits per heavy atom. The molecule has 0 amide bonds. The number of rotatable bonds is 5. The molecule has 54 heavy (non-hydrogen) atoms. The Balaban J connectivity index is 1.15. The Hall–Kier alpha value is -7.37. The summed E-state index contributed by atoms with van der Waals surface area (Å²) in [6.07, 6.45) is 0. The molecule has 0 aliphatic rings. The van der Waals surface area contributed by atoms with Gasteiger partial charge < -0.3 is 9.13 Å². The molecule has 3 heterocycles. The summed E-state index contributed by atoms with van der Waals surface area (Å²) in [5, 5.41) is 7.33. The third-order valence-corrected chi connectivity index (χ3v) is 10.5. The Bertz CT molecular complexity index is 3080. The molecule has 0 aliphatic heterocycles. The highest BCUT2D eigenvalue weighted by molar-refractivity contribution is 6.22. The predicted molar refractivity (Wildman–Crippen MR) is 222 cm³/mol. The van der Waals surface area contributed by atoms with Gasteiger partial charge in [-0.05, 0) is 53.9 Å². The maximum Gasteiger partial charge on any atom is 0.164 e. The Morgan fingerprint density at radius 1 is 0.315 bits per heavy atom. The van der Waals surface area contributed by atoms with Gasteiger partial charge in [-0.25, -0.2) is 15.0 Å². The summed E-state index contributed by atoms with van der Waals surface area (Å²) in [6, 6.07) is 66.2. The van der Waals surface area contributed by atoms with Crippen LogP contribution in [0.4, 0.5) is 0 Å². The summed E-state index contributed by atoms with van der Waals surface area (Å²) >= 11 is 0. The lowest BCUT2D eigenvalue weighted by atomic mass is 10.0. The highest BCUT2D eigenvalue weighted by Crippen LogP contribution is 2.43. The predicted octanol–water partition coefficient (Wildman–Crippen LogP) is 12.2. The van der Waals surface area contributed by atoms with Crippen LogP contribution >= 0.6 is 0 Å². The van der Waals surface area contributed by atoms with Crippen LogP contribution in [0.25, 0.3) is 99.9 Å². The molecule has 0 atom stereocenters. The van der Waals surface area contributed by atoms with Crippen molar-refractivity contribution < 1.29 is 0 Å². The van der Waals surface area contributed by atoms with Gasteiger partial charge in [0.05, 0.1) is 27.8 Å². The Morgan fingerprint density at radius 3 is 1.30 bits per heavy atom. The maximum atomic E-state index is 4.98. The second-order valence-corrected chi connectivity index (χ2v) is 13.6. The zero-order valence-electron chi connectivity index (χ0n) is 29.1. The lowest BCUT2D eigenvalue weighted by molar-refractivity contribution is 1.07. The summed E-state index contributed by atoms with van der Waals surface area (Å²) in [5.41, 5.74) is 9.77. The number of aromatic nitrogens is 5. The van der Waals surface area contributed by atoms with Gasteiger partial charge in [0.15, 0.2) is 17.5 Å². The average Bonchev–Trinajstić information content (AvgIpc) is 3.76. The maximum absolute atomic E-state index is 4.98. The van der Waals surface area contributed by atoms with Gasteiger partial charge >= 0.3 is 0 Å². The molecule has 3 aromatic heterocycles. The fourth-order valence-electron chi connectivity index (χ4n) is 8.14. The van der Waals surface area contributed by atoms with Crippen molar-refractivity contribution in [3.05, 3.63) is 188 Å². The highest BCUT2D eigenvalue weighted by atomic mass is 15.0. The van der Waals surface area contributed by atoms with E-state index < -0.39 is 0 Å². The zero-order valence-corrected chi connectivity index (χ0v) is 29.1. The quantitative estimate of drug-likeness (QED) is 0.181. The fraction of sp³-hybridized carbons (Fsp3) is 0. The van der Waals surface area contributed by atoms with E-state index in [0.717, 1.165) is 33.4 Å². The molecule has 252 valence electrons. The number of fused-ring (bicyclic) bond motifs is 7. The molecule has 0 N–H and O–H groups in total. The number of hydrogen-bond acceptors (Lipinski definition) is 3. The minimum atomic E-state index is 0.635. The van der Waals surface area contributed by atoms with E-state index in [0.29, 0.717) is 17.5 Å². The first-order valence-corrected chi connectivity index (χ1v) is 18.2. The van der Waals surface area contributed by atoms with Gasteiger partial charge in [0.1, 0.15) is 0 Å². The van der Waals surface area contributed by atoms with E-state index in [9.17, 15) is 0 Å². The smallest absolute Gasteiger partial charge is 0.164 e. The molecule has 0 aliphatic carbocycles. The topological polar surface area (TPSA) is 48.5 Å². The van der Waals surface area contributed by atoms with Crippen molar-refractivity contribution in [2.45, 2.75) is 0 Å². The highest BCUT2D eigenvalue weighted by Gasteiger charge is 2.22. The van der Waals surface area contributed by atoms with Crippen molar-refractivity contribution in [2.75, 3.05) is 0 Å². The van der Waals surface area contributed by atoms with Crippen LogP contribution in [-0.4, -0.2) is 24.1 Å². The monoisotopic (exact) mass is 689 g/mol. The van der Waals surface area contributed by atoms with Gasteiger partial charge in [-0.2, -0.15) is 0 Å². The lowest BCUT2D eigenvalue weighted by Crippen LogP contribution is -2.00. The fourth-order valence-corrected chi connectivity index (χ4v) is 8.14. The van der Waals surface area contributed by atoms with E-state index in [-0.39, 0.29) is 0 Å². The molecule has 0 radical (unpaired) electrons. The van der Waals surface area contributed by atoms with E-state index in [2.05, 4.69) is 137 Å². The first-order valence-electron chi connectivity index (χ1n) is 18.2. The van der Waals surface area contributed by atoms with Gasteiger partial charge in [-0.1, -0.05) is 140 Å². The normalized spacial score (nSPS) is 11.7. The number of benzene rings is 8. The summed E-state index contributed by atoms with van der Waals surface area (Å²) in [4.78, 5) is 14.9. The number of nitrogens with zero attached hydrogens (tertiary/aromatic N) is 5. The second kappa shape index (κ2) is 12.1. The second-order valence-electron chi connectivity index (χ2n) is 13.6. The standard InChI is InChI=1S/C49H31N5/c1-3-15-32(16-4-1)47-50-48(33-17-5-2-6-18-33)52-49(51-47)34-27-29-36(30-28-34)53-43-26-14-11-23-40(43)45-44(53)31-35-19-7-8-20-37(35)46(45)54-41-24-12-9-21-38(41)39-22-10-13-25-42(39)54/h1-31H. The van der Waals surface area contributed by atoms with Crippen LogP contribution in [0, 0.1) is 0 Å². The van der Waals surface area contributed by atoms with Crippen molar-refractivity contribution in [1.29, 1.82) is 0 Å². The number of hydrogen-bond donors (Lipinski definition) is 0. The van der Waals surface area contributed by atoms with Crippen molar-refractivity contribution in [3.8, 4) is 45.5 Å². The summed E-state index contributed by atoms with van der Waals surface area (Å²) < 4.78 is 4.88. The van der Waals surface area contributed by atoms with Crippen LogP contribution in [0.1, 0.15) is 0 Å². The average molecular weight is 690 g/mol. The molecule has 0 unspecified atom stereocenters. The minimum Gasteiger partial charge on any atom is -0.309 e. The molecule has 0 saturated carbocycles. The summed E-state index contributed by atoms with van der Waals surface area (Å²) in [5.74, 6) is 1.93. The van der Waals surface area contributed by atoms with Crippen LogP contribution < -0.4 is 0 Å². The minimum absolute atomic E-state index is 0.635. The van der Waals surface area contributed by atoms with Gasteiger partial charge in [0.25, 0.3) is 0 Å². The van der Waals surface area contributed by atoms with Gasteiger partial charge in [0.2, 0.25) is 0 Å². The Kier molecular flexibility index (Phi) is 6.79. The molecule has 0 saturated heterocycles. The largest absolute Gasteiger partial charge is 0.309 e. The van der Waals surface area contributed by atoms with Crippen molar-refractivity contribution >= 4 is 54.4 Å². The van der Waals surface area contributed by atoms with Crippen LogP contribution in [-0.2, 0) is 0 Å². The molecule has 0 fully saturated rings. The van der Waals surface area contributed by atoms with E-state index >= 15 is 0 Å². The molecular weight excluding hydrogens is 659 g/mol. The van der Waals surface area contributed by atoms with Crippen molar-refractivity contribution in [2.24, 2.45) is 0 Å². The van der Waals surface area contributed by atoms with E-state index in [4.69, 9.17) is 15.0 Å². The van der Waals surface area contributed by atoms with Gasteiger partial charge in [0, 0.05) is 49.3 Å². The third-order valence-electron chi connectivity index (χ3n) is 10.5. The van der Waals surface area contributed by atoms with E-state index in [1.54, 1.807) is 0 Å². The van der Waals surface area contributed by atoms with E-state index in [1.165, 1.54) is 49.0 Å². The molecule has 0 spiro atoms. The Labute approximate surface area is 311 Å². The summed E-state index contributed by atoms with van der Waals surface area (Å²) in [6.45, 7) is 0. The van der Waals surface area contributed by atoms with Crippen LogP contribution in [0.2, 0.25) is 0 Å². The van der Waals surface area contributed by atoms with Crippen LogP contribution in [0.5, 0.6) is 0 Å². The first kappa shape index (κ1) is 30.3. The first-order chi connectivity index (χ1) is 26.8. The summed E-state index contributed by atoms with van der Waals surface area (Å²) in [7, 11) is 0. The van der Waals surface area contributed by atoms with Crippen LogP contribution in [0.3, 0.4) is 0 Å². The molecule has 5 nitrogen and oxygen atoms in total. The zero-order chi connectivity index (χ0) is 35.6. The van der Waals surface area contributed by atoms with Gasteiger partial charge in [-0.3, -0.25) is 0 Å². The van der Waals surface area contributed by atoms with Crippen molar-refractivity contribution in [1.82, 2.24) is 24.1 Å². The van der Waals surface area contributed by atoms with E-state index in [1.807, 2.05) is 60.7 Å². The third kappa shape index (κ3) is 4.69. The van der Waals surface area contributed by atoms with Crippen LogP contribution in [0.15, 0.2) is 188 Å². The van der Waals surface area contributed by atoms with Crippen molar-refractivity contribution in [3.63, 3.8) is 0 Å². The molecule has 11 aromatic rings.